The molecule has 0 aliphatic heterocycles. The molecule has 0 heterocycles. The number of para-hydroxylation sites is 1. The van der Waals surface area contributed by atoms with Gasteiger partial charge in [0.2, 0.25) is 0 Å². The van der Waals surface area contributed by atoms with Crippen LogP contribution in [-0.4, -0.2) is 21.6 Å². The molecule has 0 bridgehead atoms. The smallest absolute Gasteiger partial charge is 0.153 e. The van der Waals surface area contributed by atoms with Crippen molar-refractivity contribution in [1.82, 2.24) is 0 Å². The van der Waals surface area contributed by atoms with Gasteiger partial charge in [-0.25, -0.2) is 0 Å². The Morgan fingerprint density at radius 1 is 0.700 bits per heavy atom. The van der Waals surface area contributed by atoms with Gasteiger partial charge in [-0.1, -0.05) is 64.1 Å². The van der Waals surface area contributed by atoms with E-state index in [9.17, 15) is 20.1 Å². The van der Waals surface area contributed by atoms with Crippen LogP contribution in [0.4, 0.5) is 0 Å². The molecule has 0 fully saturated rings. The van der Waals surface area contributed by atoms with Crippen molar-refractivity contribution in [1.29, 1.82) is 0 Å². The Hall–Kier alpha value is -3.27. The first-order valence-electron chi connectivity index (χ1n) is 10.2. The molecule has 156 valence electrons. The summed E-state index contributed by atoms with van der Waals surface area (Å²) in [6.07, 6.45) is 0.641. The van der Waals surface area contributed by atoms with Gasteiger partial charge in [0.25, 0.3) is 0 Å². The molecule has 0 aromatic heterocycles. The second kappa shape index (κ2) is 8.62. The Labute approximate surface area is 177 Å². The zero-order valence-electron chi connectivity index (χ0n) is 17.8. The summed E-state index contributed by atoms with van der Waals surface area (Å²) in [7, 11) is 0. The molecule has 0 saturated carbocycles. The monoisotopic (exact) mass is 404 g/mol. The quantitative estimate of drug-likeness (QED) is 0.346. The molecule has 30 heavy (non-hydrogen) atoms. The third-order valence-electron chi connectivity index (χ3n) is 5.55. The van der Waals surface area contributed by atoms with Gasteiger partial charge in [-0.15, -0.1) is 0 Å². The summed E-state index contributed by atoms with van der Waals surface area (Å²) in [5, 5.41) is 31.4. The van der Waals surface area contributed by atoms with E-state index in [-0.39, 0.29) is 40.6 Å². The van der Waals surface area contributed by atoms with Gasteiger partial charge in [-0.2, -0.15) is 0 Å². The van der Waals surface area contributed by atoms with E-state index in [0.717, 1.165) is 22.3 Å². The largest absolute Gasteiger partial charge is 0.508 e. The number of phenolic OH excluding ortho intramolecular Hbond substituents is 3. The highest BCUT2D eigenvalue weighted by Crippen LogP contribution is 2.41. The van der Waals surface area contributed by atoms with Crippen molar-refractivity contribution in [3.63, 3.8) is 0 Å². The van der Waals surface area contributed by atoms with E-state index >= 15 is 0 Å². The zero-order chi connectivity index (χ0) is 22.0. The predicted octanol–water partition coefficient (Wildman–Crippen LogP) is 6.04. The van der Waals surface area contributed by atoms with Gasteiger partial charge in [0.1, 0.15) is 17.2 Å². The molecule has 0 spiro atoms. The summed E-state index contributed by atoms with van der Waals surface area (Å²) >= 11 is 0. The maximum Gasteiger partial charge on any atom is 0.153 e. The fourth-order valence-corrected chi connectivity index (χ4v) is 3.89. The Kier molecular flexibility index (Phi) is 6.16. The van der Waals surface area contributed by atoms with E-state index in [1.807, 2.05) is 52.0 Å². The molecule has 0 saturated heterocycles. The van der Waals surface area contributed by atoms with Crippen LogP contribution < -0.4 is 0 Å². The van der Waals surface area contributed by atoms with E-state index in [0.29, 0.717) is 11.8 Å². The number of aldehydes is 1. The van der Waals surface area contributed by atoms with Crippen LogP contribution in [0.15, 0.2) is 54.6 Å². The number of rotatable bonds is 6. The van der Waals surface area contributed by atoms with E-state index in [1.54, 1.807) is 30.3 Å². The predicted molar refractivity (Wildman–Crippen MR) is 119 cm³/mol. The third kappa shape index (κ3) is 4.04. The molecule has 3 N–H and O–H groups in total. The number of carbonyl (C=O) groups excluding carboxylic acids is 1. The molecule has 0 radical (unpaired) electrons. The highest BCUT2D eigenvalue weighted by atomic mass is 16.3. The van der Waals surface area contributed by atoms with Crippen LogP contribution in [0, 0.1) is 0 Å². The lowest BCUT2D eigenvalue weighted by Crippen LogP contribution is -2.07. The first-order valence-corrected chi connectivity index (χ1v) is 10.2. The van der Waals surface area contributed by atoms with Crippen LogP contribution in [-0.2, 0) is 0 Å². The van der Waals surface area contributed by atoms with E-state index < -0.39 is 0 Å². The Morgan fingerprint density at radius 3 is 1.63 bits per heavy atom. The lowest BCUT2D eigenvalue weighted by Gasteiger charge is -2.23. The molecule has 3 aromatic rings. The SMILES string of the molecule is CC(C)c1cc(C(c2ccc(O)c(C(C)C)c2)c2cccc(C=O)c2O)ccc1O. The number of hydrogen-bond donors (Lipinski definition) is 3. The average Bonchev–Trinajstić information content (AvgIpc) is 2.71. The second-order valence-electron chi connectivity index (χ2n) is 8.28. The molecule has 0 atom stereocenters. The van der Waals surface area contributed by atoms with Crippen LogP contribution in [0.2, 0.25) is 0 Å². The lowest BCUT2D eigenvalue weighted by molar-refractivity contribution is 0.112. The molecule has 4 nitrogen and oxygen atoms in total. The standard InChI is InChI=1S/C26H28O4/c1-15(2)21-12-17(8-10-23(21)28)25(20-7-5-6-19(14-27)26(20)30)18-9-11-24(29)22(13-18)16(3)4/h5-16,25,28-30H,1-4H3. The Bertz CT molecular complexity index is 1010. The van der Waals surface area contributed by atoms with Gasteiger partial charge in [-0.3, -0.25) is 4.79 Å². The fourth-order valence-electron chi connectivity index (χ4n) is 3.89. The van der Waals surface area contributed by atoms with E-state index in [1.165, 1.54) is 0 Å². The normalized spacial score (nSPS) is 11.4. The highest BCUT2D eigenvalue weighted by Gasteiger charge is 2.24. The van der Waals surface area contributed by atoms with Gasteiger partial charge >= 0.3 is 0 Å². The van der Waals surface area contributed by atoms with Crippen molar-refractivity contribution >= 4 is 6.29 Å². The lowest BCUT2D eigenvalue weighted by atomic mass is 9.81. The van der Waals surface area contributed by atoms with E-state index in [4.69, 9.17) is 0 Å². The maximum atomic E-state index is 11.4. The van der Waals surface area contributed by atoms with Crippen molar-refractivity contribution in [2.24, 2.45) is 0 Å². The number of carbonyl (C=O) groups is 1. The van der Waals surface area contributed by atoms with Crippen molar-refractivity contribution in [2.75, 3.05) is 0 Å². The van der Waals surface area contributed by atoms with Gasteiger partial charge in [0.05, 0.1) is 5.56 Å². The fraction of sp³-hybridized carbons (Fsp3) is 0.269. The first kappa shape index (κ1) is 21.4. The molecule has 3 rings (SSSR count). The summed E-state index contributed by atoms with van der Waals surface area (Å²) in [6.45, 7) is 8.04. The van der Waals surface area contributed by atoms with Crippen LogP contribution in [0.3, 0.4) is 0 Å². The van der Waals surface area contributed by atoms with Crippen molar-refractivity contribution < 1.29 is 20.1 Å². The Morgan fingerprint density at radius 2 is 1.20 bits per heavy atom. The summed E-state index contributed by atoms with van der Waals surface area (Å²) in [4.78, 5) is 11.4. The van der Waals surface area contributed by atoms with Gasteiger partial charge in [0, 0.05) is 11.5 Å². The van der Waals surface area contributed by atoms with Crippen LogP contribution in [0.25, 0.3) is 0 Å². The molecule has 0 aliphatic rings. The van der Waals surface area contributed by atoms with Crippen molar-refractivity contribution in [3.05, 3.63) is 88.0 Å². The summed E-state index contributed by atoms with van der Waals surface area (Å²) in [5.41, 5.74) is 4.21. The van der Waals surface area contributed by atoms with Gasteiger partial charge < -0.3 is 15.3 Å². The molecule has 0 unspecified atom stereocenters. The average molecular weight is 405 g/mol. The molecular formula is C26H28O4. The highest BCUT2D eigenvalue weighted by molar-refractivity contribution is 5.80. The number of aromatic hydroxyl groups is 3. The second-order valence-corrected chi connectivity index (χ2v) is 8.28. The van der Waals surface area contributed by atoms with Crippen molar-refractivity contribution in [3.8, 4) is 17.2 Å². The molecular weight excluding hydrogens is 376 g/mol. The molecule has 0 amide bonds. The summed E-state index contributed by atoms with van der Waals surface area (Å²) in [6, 6.07) is 16.0. The van der Waals surface area contributed by atoms with Crippen molar-refractivity contribution in [2.45, 2.75) is 45.4 Å². The molecule has 3 aromatic carbocycles. The number of hydrogen-bond acceptors (Lipinski definition) is 4. The summed E-state index contributed by atoms with van der Waals surface area (Å²) in [5.74, 6) is 0.258. The third-order valence-corrected chi connectivity index (χ3v) is 5.55. The summed E-state index contributed by atoms with van der Waals surface area (Å²) < 4.78 is 0. The number of phenols is 3. The zero-order valence-corrected chi connectivity index (χ0v) is 17.8. The van der Waals surface area contributed by atoms with Gasteiger partial charge in [-0.05, 0) is 52.3 Å². The number of benzene rings is 3. The Balaban J connectivity index is 2.30. The minimum Gasteiger partial charge on any atom is -0.508 e. The maximum absolute atomic E-state index is 11.4. The van der Waals surface area contributed by atoms with Crippen LogP contribution in [0.1, 0.15) is 83.6 Å². The molecule has 4 heteroatoms. The van der Waals surface area contributed by atoms with Crippen LogP contribution in [0.5, 0.6) is 17.2 Å². The van der Waals surface area contributed by atoms with Gasteiger partial charge in [0.15, 0.2) is 6.29 Å². The van der Waals surface area contributed by atoms with E-state index in [2.05, 4.69) is 0 Å². The first-order chi connectivity index (χ1) is 14.2. The topological polar surface area (TPSA) is 77.8 Å². The minimum absolute atomic E-state index is 0.0594. The molecule has 0 aliphatic carbocycles. The van der Waals surface area contributed by atoms with Crippen LogP contribution >= 0.6 is 0 Å². The minimum atomic E-state index is -0.374.